The molecule has 7 nitrogen and oxygen atoms in total. The second-order valence-corrected chi connectivity index (χ2v) is 8.37. The number of nitrogens with one attached hydrogen (secondary N) is 1. The lowest BCUT2D eigenvalue weighted by Crippen LogP contribution is -2.42. The van der Waals surface area contributed by atoms with Gasteiger partial charge in [-0.05, 0) is 23.8 Å². The van der Waals surface area contributed by atoms with E-state index in [2.05, 4.69) is 5.32 Å². The van der Waals surface area contributed by atoms with E-state index >= 15 is 0 Å². The van der Waals surface area contributed by atoms with E-state index in [1.807, 2.05) is 0 Å². The molecule has 0 bridgehead atoms. The van der Waals surface area contributed by atoms with E-state index in [1.54, 1.807) is 6.08 Å². The van der Waals surface area contributed by atoms with Crippen LogP contribution in [0.2, 0.25) is 0 Å². The van der Waals surface area contributed by atoms with E-state index in [4.69, 9.17) is 12.2 Å². The zero-order chi connectivity index (χ0) is 20.3. The Labute approximate surface area is 173 Å². The molecule has 28 heavy (non-hydrogen) atoms. The standard InChI is InChI=1S/C17H14FN3O4S3/c18-11-3-1-10(2-4-11)7-12-15(24)21(17(26)28-12)8-13(22)19-5-6-20-14(23)9-27-16(20)25/h1-4,7H,5-6,8-9H2,(H,19,22)/b12-7-. The van der Waals surface area contributed by atoms with Gasteiger partial charge in [-0.1, -0.05) is 47.9 Å². The van der Waals surface area contributed by atoms with Gasteiger partial charge in [0.2, 0.25) is 11.8 Å². The zero-order valence-electron chi connectivity index (χ0n) is 14.3. The van der Waals surface area contributed by atoms with Gasteiger partial charge in [-0.25, -0.2) is 4.39 Å². The Bertz CT molecular complexity index is 872. The van der Waals surface area contributed by atoms with Gasteiger partial charge in [0, 0.05) is 13.1 Å². The van der Waals surface area contributed by atoms with Crippen molar-refractivity contribution in [1.82, 2.24) is 15.1 Å². The van der Waals surface area contributed by atoms with Crippen molar-refractivity contribution >= 4 is 69.1 Å². The molecule has 4 amide bonds. The molecule has 0 radical (unpaired) electrons. The van der Waals surface area contributed by atoms with E-state index < -0.39 is 11.8 Å². The maximum absolute atomic E-state index is 13.0. The van der Waals surface area contributed by atoms with E-state index in [0.29, 0.717) is 10.5 Å². The molecular formula is C17H14FN3O4S3. The number of benzene rings is 1. The highest BCUT2D eigenvalue weighted by Gasteiger charge is 2.33. The fourth-order valence-corrected chi connectivity index (χ4v) is 4.46. The number of nitrogens with zero attached hydrogens (tertiary/aromatic N) is 2. The minimum absolute atomic E-state index is 0.0826. The fraction of sp³-hybridized carbons (Fsp3) is 0.235. The first-order chi connectivity index (χ1) is 13.3. The van der Waals surface area contributed by atoms with Gasteiger partial charge in [-0.15, -0.1) is 0 Å². The average Bonchev–Trinajstić information content (AvgIpc) is 3.11. The van der Waals surface area contributed by atoms with Gasteiger partial charge < -0.3 is 5.32 Å². The van der Waals surface area contributed by atoms with Crippen LogP contribution in [-0.4, -0.2) is 62.5 Å². The lowest BCUT2D eigenvalue weighted by Gasteiger charge is -2.16. The van der Waals surface area contributed by atoms with Crippen LogP contribution in [0.3, 0.4) is 0 Å². The third kappa shape index (κ3) is 4.78. The molecule has 0 spiro atoms. The highest BCUT2D eigenvalue weighted by Crippen LogP contribution is 2.32. The first-order valence-corrected chi connectivity index (χ1v) is 10.3. The topological polar surface area (TPSA) is 86.8 Å². The van der Waals surface area contributed by atoms with Crippen molar-refractivity contribution in [2.75, 3.05) is 25.4 Å². The fourth-order valence-electron chi connectivity index (χ4n) is 2.45. The Morgan fingerprint density at radius 3 is 2.57 bits per heavy atom. The van der Waals surface area contributed by atoms with Gasteiger partial charge in [0.05, 0.1) is 10.7 Å². The zero-order valence-corrected chi connectivity index (χ0v) is 16.8. The van der Waals surface area contributed by atoms with Gasteiger partial charge in [0.15, 0.2) is 0 Å². The van der Waals surface area contributed by atoms with E-state index in [-0.39, 0.29) is 46.7 Å². The maximum atomic E-state index is 13.0. The molecule has 11 heteroatoms. The largest absolute Gasteiger partial charge is 0.353 e. The first kappa shape index (κ1) is 20.5. The molecule has 0 saturated carbocycles. The summed E-state index contributed by atoms with van der Waals surface area (Å²) in [5.41, 5.74) is 0.643. The van der Waals surface area contributed by atoms with Gasteiger partial charge in [0.25, 0.3) is 11.1 Å². The summed E-state index contributed by atoms with van der Waals surface area (Å²) in [6, 6.07) is 5.64. The smallest absolute Gasteiger partial charge is 0.288 e. The number of halogens is 1. The summed E-state index contributed by atoms with van der Waals surface area (Å²) < 4.78 is 13.2. The van der Waals surface area contributed by atoms with Crippen molar-refractivity contribution in [3.05, 3.63) is 40.6 Å². The molecule has 1 aromatic rings. The molecule has 0 unspecified atom stereocenters. The molecule has 146 valence electrons. The molecule has 2 aliphatic heterocycles. The number of thiocarbonyl (C=S) groups is 1. The van der Waals surface area contributed by atoms with Crippen LogP contribution in [0.1, 0.15) is 5.56 Å². The van der Waals surface area contributed by atoms with Crippen LogP contribution in [0.15, 0.2) is 29.2 Å². The maximum Gasteiger partial charge on any atom is 0.288 e. The summed E-state index contributed by atoms with van der Waals surface area (Å²) in [7, 11) is 0. The Kier molecular flexibility index (Phi) is 6.47. The number of thioether (sulfide) groups is 2. The molecular weight excluding hydrogens is 425 g/mol. The van der Waals surface area contributed by atoms with Crippen molar-refractivity contribution in [1.29, 1.82) is 0 Å². The summed E-state index contributed by atoms with van der Waals surface area (Å²) in [6.07, 6.45) is 1.58. The monoisotopic (exact) mass is 439 g/mol. The van der Waals surface area contributed by atoms with Crippen molar-refractivity contribution in [2.24, 2.45) is 0 Å². The normalized spacial score (nSPS) is 18.5. The predicted octanol–water partition coefficient (Wildman–Crippen LogP) is 1.84. The third-order valence-electron chi connectivity index (χ3n) is 3.84. The van der Waals surface area contributed by atoms with E-state index in [1.165, 1.54) is 29.2 Å². The molecule has 2 heterocycles. The average molecular weight is 440 g/mol. The number of carbonyl (C=O) groups excluding carboxylic acids is 4. The van der Waals surface area contributed by atoms with Crippen molar-refractivity contribution in [3.63, 3.8) is 0 Å². The number of hydrogen-bond donors (Lipinski definition) is 1. The van der Waals surface area contributed by atoms with E-state index in [0.717, 1.165) is 28.4 Å². The van der Waals surface area contributed by atoms with Crippen LogP contribution < -0.4 is 5.32 Å². The Morgan fingerprint density at radius 1 is 1.21 bits per heavy atom. The first-order valence-electron chi connectivity index (χ1n) is 8.10. The van der Waals surface area contributed by atoms with Gasteiger partial charge in [-0.2, -0.15) is 0 Å². The minimum Gasteiger partial charge on any atom is -0.353 e. The van der Waals surface area contributed by atoms with Crippen LogP contribution in [0.4, 0.5) is 9.18 Å². The van der Waals surface area contributed by atoms with E-state index in [9.17, 15) is 23.6 Å². The highest BCUT2D eigenvalue weighted by atomic mass is 32.2. The number of imide groups is 1. The Hall–Kier alpha value is -2.24. The third-order valence-corrected chi connectivity index (χ3v) is 6.08. The molecule has 3 rings (SSSR count). The molecule has 0 aromatic heterocycles. The molecule has 1 N–H and O–H groups in total. The van der Waals surface area contributed by atoms with Gasteiger partial charge >= 0.3 is 0 Å². The molecule has 2 aliphatic rings. The van der Waals surface area contributed by atoms with Crippen LogP contribution >= 0.6 is 35.7 Å². The second kappa shape index (κ2) is 8.84. The van der Waals surface area contributed by atoms with Crippen LogP contribution in [-0.2, 0) is 14.4 Å². The predicted molar refractivity (Wildman–Crippen MR) is 109 cm³/mol. The Morgan fingerprint density at radius 2 is 1.93 bits per heavy atom. The molecule has 2 fully saturated rings. The number of amides is 4. The van der Waals surface area contributed by atoms with Crippen LogP contribution in [0.5, 0.6) is 0 Å². The molecule has 1 aromatic carbocycles. The molecule has 0 atom stereocenters. The van der Waals surface area contributed by atoms with Gasteiger partial charge in [-0.3, -0.25) is 29.0 Å². The molecule has 0 aliphatic carbocycles. The quantitative estimate of drug-likeness (QED) is 0.535. The summed E-state index contributed by atoms with van der Waals surface area (Å²) in [5, 5.41) is 2.24. The number of carbonyl (C=O) groups is 4. The summed E-state index contributed by atoms with van der Waals surface area (Å²) in [4.78, 5) is 50.2. The second-order valence-electron chi connectivity index (χ2n) is 5.77. The van der Waals surface area contributed by atoms with Crippen LogP contribution in [0, 0.1) is 5.82 Å². The van der Waals surface area contributed by atoms with Crippen molar-refractivity contribution in [2.45, 2.75) is 0 Å². The summed E-state index contributed by atoms with van der Waals surface area (Å²) in [5.74, 6) is -1.41. The number of hydrogen-bond acceptors (Lipinski definition) is 7. The lowest BCUT2D eigenvalue weighted by molar-refractivity contribution is -0.129. The van der Waals surface area contributed by atoms with Crippen molar-refractivity contribution in [3.8, 4) is 0 Å². The minimum atomic E-state index is -0.453. The SMILES string of the molecule is O=C(CN1C(=O)/C(=C/c2ccc(F)cc2)SC1=S)NCCN1C(=O)CSC1=O. The number of rotatable bonds is 6. The highest BCUT2D eigenvalue weighted by molar-refractivity contribution is 8.26. The summed E-state index contributed by atoms with van der Waals surface area (Å²) in [6.45, 7) is -0.0849. The van der Waals surface area contributed by atoms with Gasteiger partial charge in [0.1, 0.15) is 16.7 Å². The Balaban J connectivity index is 1.53. The summed E-state index contributed by atoms with van der Waals surface area (Å²) >= 11 is 7.16. The lowest BCUT2D eigenvalue weighted by atomic mass is 10.2. The van der Waals surface area contributed by atoms with Crippen LogP contribution in [0.25, 0.3) is 6.08 Å². The molecule has 2 saturated heterocycles. The van der Waals surface area contributed by atoms with Crippen molar-refractivity contribution < 1.29 is 23.6 Å².